The Balaban J connectivity index is 1.82. The molecular formula is C17H13N5O5. The third kappa shape index (κ3) is 2.92. The molecule has 0 aliphatic carbocycles. The van der Waals surface area contributed by atoms with E-state index in [0.29, 0.717) is 35.0 Å². The molecular weight excluding hydrogens is 354 g/mol. The lowest BCUT2D eigenvalue weighted by molar-refractivity contribution is 0.0690. The van der Waals surface area contributed by atoms with Crippen molar-refractivity contribution in [1.82, 2.24) is 24.9 Å². The van der Waals surface area contributed by atoms with E-state index < -0.39 is 5.97 Å². The van der Waals surface area contributed by atoms with Crippen molar-refractivity contribution in [3.8, 4) is 28.6 Å². The number of carboxylic acid groups (broad SMARTS) is 1. The van der Waals surface area contributed by atoms with Gasteiger partial charge in [0, 0.05) is 5.56 Å². The number of imidazole rings is 1. The van der Waals surface area contributed by atoms with E-state index in [-0.39, 0.29) is 22.7 Å². The molecule has 27 heavy (non-hydrogen) atoms. The lowest BCUT2D eigenvalue weighted by Crippen LogP contribution is -2.10. The number of ether oxygens (including phenoxy) is 1. The molecule has 0 atom stereocenters. The fourth-order valence-corrected chi connectivity index (χ4v) is 2.60. The summed E-state index contributed by atoms with van der Waals surface area (Å²) in [7, 11) is 0. The van der Waals surface area contributed by atoms with Crippen molar-refractivity contribution in [3.63, 3.8) is 0 Å². The number of aromatic carboxylic acids is 1. The standard InChI is InChI=1S/C17H13N5O5/c1-2-26-11-5-8(16-20-10(6-27-16)17(24)25)3-4-9(11)13-21-14-12(15(23)22-13)18-7-19-14/h3-7H,2H2,1H3,(H,24,25)(H2,18,19,21,22,23). The maximum atomic E-state index is 12.2. The lowest BCUT2D eigenvalue weighted by atomic mass is 10.1. The molecule has 0 amide bonds. The van der Waals surface area contributed by atoms with Gasteiger partial charge in [-0.25, -0.2) is 19.7 Å². The van der Waals surface area contributed by atoms with Crippen LogP contribution in [0, 0.1) is 0 Å². The first kappa shape index (κ1) is 16.5. The van der Waals surface area contributed by atoms with Crippen molar-refractivity contribution >= 4 is 17.1 Å². The Morgan fingerprint density at radius 2 is 2.19 bits per heavy atom. The van der Waals surface area contributed by atoms with Crippen LogP contribution < -0.4 is 10.3 Å². The molecule has 4 aromatic rings. The minimum absolute atomic E-state index is 0.143. The molecule has 0 spiro atoms. The van der Waals surface area contributed by atoms with Crippen LogP contribution >= 0.6 is 0 Å². The summed E-state index contributed by atoms with van der Waals surface area (Å²) in [5.74, 6) is -0.304. The predicted octanol–water partition coefficient (Wildman–Crippen LogP) is 2.07. The number of carboxylic acids is 1. The maximum Gasteiger partial charge on any atom is 0.357 e. The molecule has 4 rings (SSSR count). The summed E-state index contributed by atoms with van der Waals surface area (Å²) in [6.45, 7) is 2.19. The number of carbonyl (C=O) groups is 1. The lowest BCUT2D eigenvalue weighted by Gasteiger charge is -2.10. The van der Waals surface area contributed by atoms with E-state index in [1.807, 2.05) is 6.92 Å². The van der Waals surface area contributed by atoms with Gasteiger partial charge in [-0.05, 0) is 25.1 Å². The smallest absolute Gasteiger partial charge is 0.357 e. The first-order valence-corrected chi connectivity index (χ1v) is 7.96. The largest absolute Gasteiger partial charge is 0.493 e. The normalized spacial score (nSPS) is 11.0. The van der Waals surface area contributed by atoms with E-state index in [0.717, 1.165) is 6.26 Å². The third-order valence-electron chi connectivity index (χ3n) is 3.80. The minimum atomic E-state index is -1.18. The summed E-state index contributed by atoms with van der Waals surface area (Å²) in [5, 5.41) is 8.97. The van der Waals surface area contributed by atoms with Crippen LogP contribution in [0.3, 0.4) is 0 Å². The number of H-pyrrole nitrogens is 2. The van der Waals surface area contributed by atoms with Gasteiger partial charge in [-0.2, -0.15) is 0 Å². The van der Waals surface area contributed by atoms with Crippen molar-refractivity contribution in [2.24, 2.45) is 0 Å². The molecule has 0 unspecified atom stereocenters. The predicted molar refractivity (Wildman–Crippen MR) is 93.6 cm³/mol. The molecule has 0 saturated carbocycles. The molecule has 0 radical (unpaired) electrons. The van der Waals surface area contributed by atoms with Gasteiger partial charge in [-0.1, -0.05) is 0 Å². The Kier molecular flexibility index (Phi) is 3.92. The summed E-state index contributed by atoms with van der Waals surface area (Å²) >= 11 is 0. The van der Waals surface area contributed by atoms with Crippen molar-refractivity contribution in [1.29, 1.82) is 0 Å². The van der Waals surface area contributed by atoms with E-state index >= 15 is 0 Å². The Labute approximate surface area is 150 Å². The molecule has 136 valence electrons. The molecule has 0 aliphatic heterocycles. The Hall–Kier alpha value is -3.95. The SMILES string of the molecule is CCOc1cc(-c2nc(C(=O)O)co2)ccc1-c1nc2nc[nH]c2c(=O)[nH]1. The van der Waals surface area contributed by atoms with Gasteiger partial charge >= 0.3 is 5.97 Å². The second kappa shape index (κ2) is 6.41. The summed E-state index contributed by atoms with van der Waals surface area (Å²) in [6.07, 6.45) is 2.46. The number of aromatic amines is 2. The van der Waals surface area contributed by atoms with Crippen molar-refractivity contribution < 1.29 is 19.1 Å². The zero-order valence-corrected chi connectivity index (χ0v) is 14.0. The number of nitrogens with zero attached hydrogens (tertiary/aromatic N) is 3. The van der Waals surface area contributed by atoms with Gasteiger partial charge in [-0.15, -0.1) is 0 Å². The molecule has 0 fully saturated rings. The number of nitrogens with one attached hydrogen (secondary N) is 2. The maximum absolute atomic E-state index is 12.2. The van der Waals surface area contributed by atoms with Gasteiger partial charge in [0.25, 0.3) is 5.56 Å². The Morgan fingerprint density at radius 1 is 1.33 bits per heavy atom. The monoisotopic (exact) mass is 367 g/mol. The molecule has 0 saturated heterocycles. The van der Waals surface area contributed by atoms with E-state index in [2.05, 4.69) is 24.9 Å². The average Bonchev–Trinajstić information content (AvgIpc) is 3.31. The van der Waals surface area contributed by atoms with Gasteiger partial charge in [0.15, 0.2) is 16.9 Å². The number of fused-ring (bicyclic) bond motifs is 1. The summed E-state index contributed by atoms with van der Waals surface area (Å²) in [6, 6.07) is 5.00. The van der Waals surface area contributed by atoms with Gasteiger partial charge in [0.2, 0.25) is 5.89 Å². The number of oxazole rings is 1. The highest BCUT2D eigenvalue weighted by Gasteiger charge is 2.17. The van der Waals surface area contributed by atoms with E-state index in [1.54, 1.807) is 18.2 Å². The quantitative estimate of drug-likeness (QED) is 0.485. The minimum Gasteiger partial charge on any atom is -0.493 e. The highest BCUT2D eigenvalue weighted by atomic mass is 16.5. The van der Waals surface area contributed by atoms with E-state index in [4.69, 9.17) is 14.3 Å². The number of hydrogen-bond acceptors (Lipinski definition) is 7. The van der Waals surface area contributed by atoms with Crippen LogP contribution in [0.25, 0.3) is 34.0 Å². The molecule has 3 heterocycles. The van der Waals surface area contributed by atoms with Crippen molar-refractivity contribution in [3.05, 3.63) is 46.8 Å². The van der Waals surface area contributed by atoms with Crippen LogP contribution in [0.1, 0.15) is 17.4 Å². The van der Waals surface area contributed by atoms with Crippen molar-refractivity contribution in [2.75, 3.05) is 6.61 Å². The second-order valence-electron chi connectivity index (χ2n) is 5.50. The molecule has 10 heteroatoms. The average molecular weight is 367 g/mol. The highest BCUT2D eigenvalue weighted by molar-refractivity contribution is 5.85. The zero-order valence-electron chi connectivity index (χ0n) is 14.0. The first-order chi connectivity index (χ1) is 13.1. The second-order valence-corrected chi connectivity index (χ2v) is 5.50. The van der Waals surface area contributed by atoms with Gasteiger partial charge in [0.05, 0.1) is 18.5 Å². The van der Waals surface area contributed by atoms with Crippen LogP contribution in [0.15, 0.2) is 40.0 Å². The fraction of sp³-hybridized carbons (Fsp3) is 0.118. The molecule has 3 aromatic heterocycles. The van der Waals surface area contributed by atoms with Crippen molar-refractivity contribution in [2.45, 2.75) is 6.92 Å². The number of benzene rings is 1. The van der Waals surface area contributed by atoms with E-state index in [1.165, 1.54) is 6.33 Å². The first-order valence-electron chi connectivity index (χ1n) is 7.96. The van der Waals surface area contributed by atoms with Crippen LogP contribution in [0.4, 0.5) is 0 Å². The van der Waals surface area contributed by atoms with Crippen LogP contribution in [0.5, 0.6) is 5.75 Å². The summed E-state index contributed by atoms with van der Waals surface area (Å²) < 4.78 is 10.9. The number of hydrogen-bond donors (Lipinski definition) is 3. The van der Waals surface area contributed by atoms with Crippen LogP contribution in [0.2, 0.25) is 0 Å². The molecule has 10 nitrogen and oxygen atoms in total. The highest BCUT2D eigenvalue weighted by Crippen LogP contribution is 2.32. The zero-order chi connectivity index (χ0) is 19.0. The fourth-order valence-electron chi connectivity index (χ4n) is 2.60. The molecule has 0 bridgehead atoms. The van der Waals surface area contributed by atoms with E-state index in [9.17, 15) is 9.59 Å². The van der Waals surface area contributed by atoms with Gasteiger partial charge in [-0.3, -0.25) is 4.79 Å². The molecule has 1 aromatic carbocycles. The topological polar surface area (TPSA) is 147 Å². The summed E-state index contributed by atoms with van der Waals surface area (Å²) in [5.41, 5.74) is 1.11. The molecule has 0 aliphatic rings. The third-order valence-corrected chi connectivity index (χ3v) is 3.80. The molecule has 3 N–H and O–H groups in total. The van der Waals surface area contributed by atoms with Crippen LogP contribution in [-0.2, 0) is 0 Å². The van der Waals surface area contributed by atoms with Gasteiger partial charge < -0.3 is 24.2 Å². The summed E-state index contributed by atoms with van der Waals surface area (Å²) in [4.78, 5) is 40.9. The van der Waals surface area contributed by atoms with Gasteiger partial charge in [0.1, 0.15) is 17.8 Å². The van der Waals surface area contributed by atoms with Crippen LogP contribution in [-0.4, -0.2) is 42.6 Å². The Bertz CT molecular complexity index is 1210. The Morgan fingerprint density at radius 3 is 2.93 bits per heavy atom. The number of rotatable bonds is 5. The number of aromatic nitrogens is 5.